The number of halogens is 1. The zero-order valence-corrected chi connectivity index (χ0v) is 12.8. The lowest BCUT2D eigenvalue weighted by Crippen LogP contribution is -2.37. The first-order valence-corrected chi connectivity index (χ1v) is 7.56. The summed E-state index contributed by atoms with van der Waals surface area (Å²) in [6.45, 7) is 3.74. The molecule has 2 aliphatic heterocycles. The fourth-order valence-electron chi connectivity index (χ4n) is 3.03. The molecule has 5 heteroatoms. The van der Waals surface area contributed by atoms with E-state index in [-0.39, 0.29) is 17.6 Å². The van der Waals surface area contributed by atoms with Gasteiger partial charge in [0.25, 0.3) is 11.8 Å². The fourth-order valence-corrected chi connectivity index (χ4v) is 3.03. The SMILES string of the molecule is CC1CCN(C2=C(c3ccc(F)cc3)C(=O)N(C)C2=O)CC1. The average molecular weight is 302 g/mol. The van der Waals surface area contributed by atoms with Gasteiger partial charge >= 0.3 is 0 Å². The number of amides is 2. The Morgan fingerprint density at radius 1 is 1.05 bits per heavy atom. The Balaban J connectivity index is 2.04. The van der Waals surface area contributed by atoms with Gasteiger partial charge in [0.2, 0.25) is 0 Å². The van der Waals surface area contributed by atoms with Crippen molar-refractivity contribution >= 4 is 17.4 Å². The van der Waals surface area contributed by atoms with Gasteiger partial charge in [-0.2, -0.15) is 0 Å². The van der Waals surface area contributed by atoms with Crippen molar-refractivity contribution in [3.63, 3.8) is 0 Å². The molecule has 0 N–H and O–H groups in total. The van der Waals surface area contributed by atoms with Crippen LogP contribution in [0.5, 0.6) is 0 Å². The molecule has 0 saturated carbocycles. The van der Waals surface area contributed by atoms with Crippen LogP contribution in [0, 0.1) is 11.7 Å². The maximum atomic E-state index is 13.1. The van der Waals surface area contributed by atoms with Crippen molar-refractivity contribution in [3.8, 4) is 0 Å². The number of nitrogens with zero attached hydrogens (tertiary/aromatic N) is 2. The van der Waals surface area contributed by atoms with Gasteiger partial charge in [-0.25, -0.2) is 4.39 Å². The zero-order valence-electron chi connectivity index (χ0n) is 12.8. The lowest BCUT2D eigenvalue weighted by molar-refractivity contribution is -0.136. The summed E-state index contributed by atoms with van der Waals surface area (Å²) in [5.41, 5.74) is 1.45. The minimum Gasteiger partial charge on any atom is -0.366 e. The van der Waals surface area contributed by atoms with Crippen LogP contribution in [-0.2, 0) is 9.59 Å². The summed E-state index contributed by atoms with van der Waals surface area (Å²) in [7, 11) is 1.49. The Morgan fingerprint density at radius 3 is 2.23 bits per heavy atom. The van der Waals surface area contributed by atoms with Crippen molar-refractivity contribution in [2.24, 2.45) is 5.92 Å². The van der Waals surface area contributed by atoms with Crippen molar-refractivity contribution in [2.75, 3.05) is 20.1 Å². The fraction of sp³-hybridized carbons (Fsp3) is 0.412. The van der Waals surface area contributed by atoms with Crippen molar-refractivity contribution in [2.45, 2.75) is 19.8 Å². The molecular weight excluding hydrogens is 283 g/mol. The van der Waals surface area contributed by atoms with Crippen LogP contribution in [0.2, 0.25) is 0 Å². The first-order valence-electron chi connectivity index (χ1n) is 7.56. The van der Waals surface area contributed by atoms with Crippen molar-refractivity contribution in [1.29, 1.82) is 0 Å². The molecule has 1 saturated heterocycles. The van der Waals surface area contributed by atoms with Crippen LogP contribution in [0.4, 0.5) is 4.39 Å². The first kappa shape index (κ1) is 14.8. The zero-order chi connectivity index (χ0) is 15.9. The summed E-state index contributed by atoms with van der Waals surface area (Å²) < 4.78 is 13.1. The van der Waals surface area contributed by atoms with Crippen LogP contribution < -0.4 is 0 Å². The molecule has 1 fully saturated rings. The molecule has 0 unspecified atom stereocenters. The molecule has 0 bridgehead atoms. The molecular formula is C17H19FN2O2. The van der Waals surface area contributed by atoms with Crippen LogP contribution in [0.15, 0.2) is 30.0 Å². The maximum absolute atomic E-state index is 13.1. The third-order valence-corrected chi connectivity index (χ3v) is 4.50. The molecule has 0 aromatic heterocycles. The van der Waals surface area contributed by atoms with E-state index in [9.17, 15) is 14.0 Å². The van der Waals surface area contributed by atoms with E-state index in [1.54, 1.807) is 12.1 Å². The summed E-state index contributed by atoms with van der Waals surface area (Å²) in [4.78, 5) is 28.1. The van der Waals surface area contributed by atoms with E-state index in [1.807, 2.05) is 4.90 Å². The van der Waals surface area contributed by atoms with Crippen LogP contribution in [-0.4, -0.2) is 41.8 Å². The Bertz CT molecular complexity index is 643. The summed E-state index contributed by atoms with van der Waals surface area (Å²) in [6.07, 6.45) is 2.01. The van der Waals surface area contributed by atoms with Gasteiger partial charge in [0.15, 0.2) is 0 Å². The van der Waals surface area contributed by atoms with Crippen molar-refractivity contribution < 1.29 is 14.0 Å². The standard InChI is InChI=1S/C17H19FN2O2/c1-11-7-9-20(10-8-11)15-14(16(21)19(2)17(15)22)12-3-5-13(18)6-4-12/h3-6,11H,7-10H2,1-2H3. The minimum atomic E-state index is -0.358. The highest BCUT2D eigenvalue weighted by molar-refractivity contribution is 6.35. The number of carbonyl (C=O) groups is 2. The highest BCUT2D eigenvalue weighted by atomic mass is 19.1. The molecule has 116 valence electrons. The van der Waals surface area contributed by atoms with E-state index in [4.69, 9.17) is 0 Å². The highest BCUT2D eigenvalue weighted by Crippen LogP contribution is 2.33. The summed E-state index contributed by atoms with van der Waals surface area (Å²) >= 11 is 0. The van der Waals surface area contributed by atoms with Gasteiger partial charge in [-0.15, -0.1) is 0 Å². The highest BCUT2D eigenvalue weighted by Gasteiger charge is 2.40. The maximum Gasteiger partial charge on any atom is 0.277 e. The number of likely N-dealkylation sites (tertiary alicyclic amines) is 1. The monoisotopic (exact) mass is 302 g/mol. The lowest BCUT2D eigenvalue weighted by atomic mass is 9.97. The predicted octanol–water partition coefficient (Wildman–Crippen LogP) is 2.27. The number of likely N-dealkylation sites (N-methyl/N-ethyl adjacent to an activating group) is 1. The largest absolute Gasteiger partial charge is 0.366 e. The first-order chi connectivity index (χ1) is 10.5. The van der Waals surface area contributed by atoms with Gasteiger partial charge in [0.1, 0.15) is 11.5 Å². The molecule has 0 radical (unpaired) electrons. The second-order valence-corrected chi connectivity index (χ2v) is 6.07. The number of hydrogen-bond donors (Lipinski definition) is 0. The number of imide groups is 1. The molecule has 2 heterocycles. The Labute approximate surface area is 129 Å². The lowest BCUT2D eigenvalue weighted by Gasteiger charge is -2.32. The van der Waals surface area contributed by atoms with Crippen molar-refractivity contribution in [3.05, 3.63) is 41.3 Å². The van der Waals surface area contributed by atoms with Gasteiger partial charge in [0, 0.05) is 20.1 Å². The summed E-state index contributed by atoms with van der Waals surface area (Å²) in [5.74, 6) is -0.303. The van der Waals surface area contributed by atoms with E-state index in [0.717, 1.165) is 30.8 Å². The molecule has 0 atom stereocenters. The number of carbonyl (C=O) groups excluding carboxylic acids is 2. The molecule has 0 aliphatic carbocycles. The average Bonchev–Trinajstić information content (AvgIpc) is 2.74. The smallest absolute Gasteiger partial charge is 0.277 e. The quantitative estimate of drug-likeness (QED) is 0.787. The summed E-state index contributed by atoms with van der Waals surface area (Å²) in [5, 5.41) is 0. The molecule has 1 aromatic rings. The van der Waals surface area contributed by atoms with Crippen LogP contribution in [0.3, 0.4) is 0 Å². The van der Waals surface area contributed by atoms with E-state index in [1.165, 1.54) is 19.2 Å². The topological polar surface area (TPSA) is 40.6 Å². The molecule has 0 spiro atoms. The Morgan fingerprint density at radius 2 is 1.64 bits per heavy atom. The normalized spacial score (nSPS) is 20.3. The van der Waals surface area contributed by atoms with Crippen molar-refractivity contribution in [1.82, 2.24) is 9.80 Å². The van der Waals surface area contributed by atoms with Gasteiger partial charge in [-0.05, 0) is 36.5 Å². The van der Waals surface area contributed by atoms with Crippen LogP contribution >= 0.6 is 0 Å². The molecule has 1 aromatic carbocycles. The molecule has 3 rings (SSSR count). The number of benzene rings is 1. The van der Waals surface area contributed by atoms with Gasteiger partial charge < -0.3 is 4.90 Å². The van der Waals surface area contributed by atoms with Crippen LogP contribution in [0.1, 0.15) is 25.3 Å². The van der Waals surface area contributed by atoms with Gasteiger partial charge in [-0.3, -0.25) is 14.5 Å². The number of hydrogen-bond acceptors (Lipinski definition) is 3. The van der Waals surface area contributed by atoms with Crippen LogP contribution in [0.25, 0.3) is 5.57 Å². The molecule has 2 aliphatic rings. The number of piperidine rings is 1. The second-order valence-electron chi connectivity index (χ2n) is 6.07. The van der Waals surface area contributed by atoms with Gasteiger partial charge in [-0.1, -0.05) is 19.1 Å². The third-order valence-electron chi connectivity index (χ3n) is 4.50. The Kier molecular flexibility index (Phi) is 3.72. The molecule has 22 heavy (non-hydrogen) atoms. The third kappa shape index (κ3) is 2.40. The predicted molar refractivity (Wildman–Crippen MR) is 81.1 cm³/mol. The molecule has 4 nitrogen and oxygen atoms in total. The van der Waals surface area contributed by atoms with E-state index < -0.39 is 0 Å². The van der Waals surface area contributed by atoms with E-state index in [0.29, 0.717) is 22.8 Å². The second kappa shape index (κ2) is 5.55. The van der Waals surface area contributed by atoms with E-state index in [2.05, 4.69) is 6.92 Å². The Hall–Kier alpha value is -2.17. The summed E-state index contributed by atoms with van der Waals surface area (Å²) in [6, 6.07) is 5.74. The number of rotatable bonds is 2. The minimum absolute atomic E-state index is 0.265. The van der Waals surface area contributed by atoms with E-state index >= 15 is 0 Å². The molecule has 2 amide bonds. The van der Waals surface area contributed by atoms with Gasteiger partial charge in [0.05, 0.1) is 5.57 Å².